The van der Waals surface area contributed by atoms with Gasteiger partial charge in [-0.1, -0.05) is 6.92 Å². The average Bonchev–Trinajstić information content (AvgIpc) is 3.08. The van der Waals surface area contributed by atoms with Crippen LogP contribution in [0, 0.1) is 0 Å². The molecule has 116 valence electrons. The van der Waals surface area contributed by atoms with Gasteiger partial charge in [-0.15, -0.1) is 0 Å². The molecule has 0 saturated carbocycles. The molecule has 0 atom stereocenters. The molecule has 0 aromatic carbocycles. The van der Waals surface area contributed by atoms with Crippen molar-refractivity contribution < 1.29 is 13.5 Å². The van der Waals surface area contributed by atoms with Crippen molar-refractivity contribution in [3.63, 3.8) is 0 Å². The van der Waals surface area contributed by atoms with Gasteiger partial charge >= 0.3 is 0 Å². The van der Waals surface area contributed by atoms with Gasteiger partial charge in [0.05, 0.1) is 18.0 Å². The van der Waals surface area contributed by atoms with Gasteiger partial charge in [-0.2, -0.15) is 5.10 Å². The molecule has 21 heavy (non-hydrogen) atoms. The van der Waals surface area contributed by atoms with Crippen LogP contribution in [0.2, 0.25) is 0 Å². The van der Waals surface area contributed by atoms with Gasteiger partial charge in [-0.3, -0.25) is 4.68 Å². The first-order valence-corrected chi connectivity index (χ1v) is 8.32. The standard InChI is InChI=1S/C13H20N4O3S/c1-2-6-16-10-13(9-12(16)11-18)21(19,20)15-5-8-17-7-3-4-14-17/h3-4,7,9-10,15,18H,2,5-6,8,11H2,1H3. The summed E-state index contributed by atoms with van der Waals surface area (Å²) in [5.41, 5.74) is 0.601. The lowest BCUT2D eigenvalue weighted by molar-refractivity contribution is 0.270. The van der Waals surface area contributed by atoms with E-state index < -0.39 is 10.0 Å². The van der Waals surface area contributed by atoms with Crippen molar-refractivity contribution in [3.8, 4) is 0 Å². The van der Waals surface area contributed by atoms with Crippen LogP contribution >= 0.6 is 0 Å². The van der Waals surface area contributed by atoms with Crippen LogP contribution in [0.5, 0.6) is 0 Å². The molecule has 0 radical (unpaired) electrons. The molecule has 0 fully saturated rings. The normalized spacial score (nSPS) is 11.9. The van der Waals surface area contributed by atoms with Crippen molar-refractivity contribution in [3.05, 3.63) is 36.4 Å². The Morgan fingerprint density at radius 3 is 2.81 bits per heavy atom. The van der Waals surface area contributed by atoms with E-state index in [0.717, 1.165) is 6.42 Å². The van der Waals surface area contributed by atoms with E-state index in [1.165, 1.54) is 6.07 Å². The van der Waals surface area contributed by atoms with E-state index >= 15 is 0 Å². The first kappa shape index (κ1) is 15.7. The summed E-state index contributed by atoms with van der Waals surface area (Å²) in [6.07, 6.45) is 5.85. The van der Waals surface area contributed by atoms with Gasteiger partial charge in [0.15, 0.2) is 0 Å². The molecular weight excluding hydrogens is 292 g/mol. The van der Waals surface area contributed by atoms with Gasteiger partial charge in [0, 0.05) is 37.4 Å². The van der Waals surface area contributed by atoms with Gasteiger partial charge in [0.1, 0.15) is 0 Å². The molecule has 0 aliphatic rings. The van der Waals surface area contributed by atoms with Crippen LogP contribution < -0.4 is 4.72 Å². The molecule has 2 aromatic rings. The number of aryl methyl sites for hydroxylation is 1. The molecule has 0 aliphatic heterocycles. The summed E-state index contributed by atoms with van der Waals surface area (Å²) in [4.78, 5) is 0.181. The second-order valence-corrected chi connectivity index (χ2v) is 6.45. The number of sulfonamides is 1. The number of aromatic nitrogens is 3. The minimum Gasteiger partial charge on any atom is -0.390 e. The van der Waals surface area contributed by atoms with Gasteiger partial charge in [-0.25, -0.2) is 13.1 Å². The SMILES string of the molecule is CCCn1cc(S(=O)(=O)NCCn2cccn2)cc1CO. The van der Waals surface area contributed by atoms with Crippen LogP contribution in [-0.2, 0) is 29.7 Å². The van der Waals surface area contributed by atoms with E-state index in [-0.39, 0.29) is 18.0 Å². The zero-order valence-corrected chi connectivity index (χ0v) is 12.8. The van der Waals surface area contributed by atoms with Gasteiger partial charge in [0.2, 0.25) is 10.0 Å². The van der Waals surface area contributed by atoms with Crippen molar-refractivity contribution in [1.29, 1.82) is 0 Å². The highest BCUT2D eigenvalue weighted by molar-refractivity contribution is 7.89. The van der Waals surface area contributed by atoms with Gasteiger partial charge in [0.25, 0.3) is 0 Å². The molecule has 0 aliphatic carbocycles. The first-order valence-electron chi connectivity index (χ1n) is 6.84. The number of nitrogens with zero attached hydrogens (tertiary/aromatic N) is 3. The number of aliphatic hydroxyl groups is 1. The summed E-state index contributed by atoms with van der Waals surface area (Å²) in [6.45, 7) is 3.23. The number of aliphatic hydroxyl groups excluding tert-OH is 1. The van der Waals surface area contributed by atoms with E-state index in [9.17, 15) is 13.5 Å². The van der Waals surface area contributed by atoms with Crippen molar-refractivity contribution in [2.45, 2.75) is 37.9 Å². The number of hydrogen-bond acceptors (Lipinski definition) is 4. The highest BCUT2D eigenvalue weighted by atomic mass is 32.2. The maximum absolute atomic E-state index is 12.2. The Bertz CT molecular complexity index is 662. The van der Waals surface area contributed by atoms with Crippen LogP contribution in [0.3, 0.4) is 0 Å². The molecule has 0 bridgehead atoms. The third-order valence-electron chi connectivity index (χ3n) is 3.09. The fraction of sp³-hybridized carbons (Fsp3) is 0.462. The fourth-order valence-corrected chi connectivity index (χ4v) is 3.15. The van der Waals surface area contributed by atoms with Crippen molar-refractivity contribution >= 4 is 10.0 Å². The summed E-state index contributed by atoms with van der Waals surface area (Å²) >= 11 is 0. The molecule has 0 saturated heterocycles. The number of nitrogens with one attached hydrogen (secondary N) is 1. The Kier molecular flexibility index (Phi) is 5.16. The lowest BCUT2D eigenvalue weighted by atomic mass is 10.4. The highest BCUT2D eigenvalue weighted by Gasteiger charge is 2.17. The molecule has 2 aromatic heterocycles. The van der Waals surface area contributed by atoms with Crippen LogP contribution in [0.1, 0.15) is 19.0 Å². The largest absolute Gasteiger partial charge is 0.390 e. The summed E-state index contributed by atoms with van der Waals surface area (Å²) in [6, 6.07) is 3.29. The predicted molar refractivity (Wildman–Crippen MR) is 78.1 cm³/mol. The number of hydrogen-bond donors (Lipinski definition) is 2. The van der Waals surface area contributed by atoms with Crippen LogP contribution in [0.15, 0.2) is 35.6 Å². The zero-order chi connectivity index (χ0) is 15.3. The van der Waals surface area contributed by atoms with Gasteiger partial charge in [-0.05, 0) is 18.6 Å². The molecule has 7 nitrogen and oxygen atoms in total. The average molecular weight is 312 g/mol. The summed E-state index contributed by atoms with van der Waals surface area (Å²) in [7, 11) is -3.57. The molecule has 0 unspecified atom stereocenters. The van der Waals surface area contributed by atoms with E-state index in [1.807, 2.05) is 6.92 Å². The lowest BCUT2D eigenvalue weighted by Crippen LogP contribution is -2.27. The maximum atomic E-state index is 12.2. The second-order valence-electron chi connectivity index (χ2n) is 4.69. The molecule has 0 spiro atoms. The lowest BCUT2D eigenvalue weighted by Gasteiger charge is -2.05. The van der Waals surface area contributed by atoms with E-state index in [4.69, 9.17) is 0 Å². The minimum absolute atomic E-state index is 0.178. The molecule has 2 N–H and O–H groups in total. The van der Waals surface area contributed by atoms with Crippen molar-refractivity contribution in [1.82, 2.24) is 19.1 Å². The Morgan fingerprint density at radius 1 is 1.38 bits per heavy atom. The Labute approximate surface area is 124 Å². The smallest absolute Gasteiger partial charge is 0.242 e. The predicted octanol–water partition coefficient (Wildman–Crippen LogP) is 0.565. The molecule has 2 rings (SSSR count). The third kappa shape index (κ3) is 3.93. The topological polar surface area (TPSA) is 89.2 Å². The Balaban J connectivity index is 2.04. The first-order chi connectivity index (χ1) is 10.1. The van der Waals surface area contributed by atoms with Crippen molar-refractivity contribution in [2.75, 3.05) is 6.54 Å². The number of rotatable bonds is 8. The molecule has 2 heterocycles. The quantitative estimate of drug-likeness (QED) is 0.745. The Hall–Kier alpha value is -1.64. The molecular formula is C13H20N4O3S. The summed E-state index contributed by atoms with van der Waals surface area (Å²) in [5.74, 6) is 0. The summed E-state index contributed by atoms with van der Waals surface area (Å²) in [5, 5.41) is 13.3. The monoisotopic (exact) mass is 312 g/mol. The summed E-state index contributed by atoms with van der Waals surface area (Å²) < 4.78 is 30.4. The van der Waals surface area contributed by atoms with Crippen LogP contribution in [-0.4, -0.2) is 34.4 Å². The highest BCUT2D eigenvalue weighted by Crippen LogP contribution is 2.15. The maximum Gasteiger partial charge on any atom is 0.242 e. The van der Waals surface area contributed by atoms with Gasteiger partial charge < -0.3 is 9.67 Å². The fourth-order valence-electron chi connectivity index (χ4n) is 2.06. The zero-order valence-electron chi connectivity index (χ0n) is 11.9. The minimum atomic E-state index is -3.57. The van der Waals surface area contributed by atoms with Crippen molar-refractivity contribution in [2.24, 2.45) is 0 Å². The Morgan fingerprint density at radius 2 is 2.19 bits per heavy atom. The second kappa shape index (κ2) is 6.88. The third-order valence-corrected chi connectivity index (χ3v) is 4.52. The van der Waals surface area contributed by atoms with E-state index in [0.29, 0.717) is 18.8 Å². The van der Waals surface area contributed by atoms with Crippen LogP contribution in [0.25, 0.3) is 0 Å². The van der Waals surface area contributed by atoms with E-state index in [1.54, 1.807) is 33.9 Å². The van der Waals surface area contributed by atoms with E-state index in [2.05, 4.69) is 9.82 Å². The van der Waals surface area contributed by atoms with Crippen LogP contribution in [0.4, 0.5) is 0 Å². The molecule has 0 amide bonds. The molecule has 8 heteroatoms.